The maximum absolute atomic E-state index is 14.0. The van der Waals surface area contributed by atoms with Gasteiger partial charge in [0.1, 0.15) is 6.07 Å². The van der Waals surface area contributed by atoms with Gasteiger partial charge in [-0.25, -0.2) is 4.39 Å². The predicted molar refractivity (Wildman–Crippen MR) is 109 cm³/mol. The Morgan fingerprint density at radius 1 is 0.900 bits per heavy atom. The summed E-state index contributed by atoms with van der Waals surface area (Å²) in [7, 11) is 0. The summed E-state index contributed by atoms with van der Waals surface area (Å²) in [6, 6.07) is 3.88. The zero-order valence-electron chi connectivity index (χ0n) is 17.7. The fourth-order valence-electron chi connectivity index (χ4n) is 6.30. The molecule has 30 heavy (non-hydrogen) atoms. The second-order valence-electron chi connectivity index (χ2n) is 9.90. The Bertz CT molecular complexity index is 825. The van der Waals surface area contributed by atoms with Crippen molar-refractivity contribution in [3.05, 3.63) is 29.3 Å². The molecule has 0 aliphatic heterocycles. The smallest absolute Gasteiger partial charge is 0.314 e. The highest BCUT2D eigenvalue weighted by Gasteiger charge is 2.39. The molecule has 4 unspecified atom stereocenters. The van der Waals surface area contributed by atoms with Crippen molar-refractivity contribution in [3.63, 3.8) is 0 Å². The van der Waals surface area contributed by atoms with Crippen molar-refractivity contribution in [2.45, 2.75) is 71.1 Å². The van der Waals surface area contributed by atoms with Gasteiger partial charge in [0.25, 0.3) is 0 Å². The average molecular weight is 416 g/mol. The number of halogens is 2. The van der Waals surface area contributed by atoms with Crippen molar-refractivity contribution in [2.75, 3.05) is 0 Å². The molecule has 3 nitrogen and oxygen atoms in total. The van der Waals surface area contributed by atoms with Crippen LogP contribution in [0.15, 0.2) is 12.1 Å². The molecular formula is C25H31F2NO2. The van der Waals surface area contributed by atoms with Crippen LogP contribution in [0.25, 0.3) is 0 Å². The van der Waals surface area contributed by atoms with Gasteiger partial charge in [-0.05, 0) is 99.5 Å². The lowest BCUT2D eigenvalue weighted by molar-refractivity contribution is -0.140. The SMILES string of the molecule is CC1CCC2CC(C3CCC(C(=O)Oc4ccc(C#N)c(F)c4F)CC3)CCC2C1. The Kier molecular flexibility index (Phi) is 6.41. The zero-order chi connectivity index (χ0) is 21.3. The van der Waals surface area contributed by atoms with E-state index in [1.165, 1.54) is 38.5 Å². The highest BCUT2D eigenvalue weighted by atomic mass is 19.2. The fourth-order valence-corrected chi connectivity index (χ4v) is 6.30. The van der Waals surface area contributed by atoms with Crippen molar-refractivity contribution in [2.24, 2.45) is 35.5 Å². The highest BCUT2D eigenvalue weighted by Crippen LogP contribution is 2.49. The van der Waals surface area contributed by atoms with Crippen LogP contribution < -0.4 is 4.74 Å². The number of hydrogen-bond donors (Lipinski definition) is 0. The maximum atomic E-state index is 14.0. The topological polar surface area (TPSA) is 50.1 Å². The lowest BCUT2D eigenvalue weighted by Crippen LogP contribution is -2.35. The quantitative estimate of drug-likeness (QED) is 0.424. The summed E-state index contributed by atoms with van der Waals surface area (Å²) >= 11 is 0. The number of rotatable bonds is 3. The van der Waals surface area contributed by atoms with Crippen LogP contribution >= 0.6 is 0 Å². The molecule has 162 valence electrons. The molecule has 1 aromatic carbocycles. The summed E-state index contributed by atoms with van der Waals surface area (Å²) in [6.45, 7) is 2.39. The molecule has 5 heteroatoms. The minimum atomic E-state index is -1.27. The van der Waals surface area contributed by atoms with E-state index < -0.39 is 28.9 Å². The van der Waals surface area contributed by atoms with Gasteiger partial charge < -0.3 is 4.74 Å². The number of esters is 1. The number of benzene rings is 1. The Morgan fingerprint density at radius 2 is 1.50 bits per heavy atom. The Hall–Kier alpha value is -1.96. The molecule has 4 atom stereocenters. The van der Waals surface area contributed by atoms with Crippen LogP contribution in [0.5, 0.6) is 5.75 Å². The normalized spacial score (nSPS) is 33.9. The van der Waals surface area contributed by atoms with Gasteiger partial charge >= 0.3 is 5.97 Å². The first-order valence-electron chi connectivity index (χ1n) is 11.6. The maximum Gasteiger partial charge on any atom is 0.314 e. The van der Waals surface area contributed by atoms with Gasteiger partial charge in [0, 0.05) is 0 Å². The minimum Gasteiger partial charge on any atom is -0.423 e. The lowest BCUT2D eigenvalue weighted by Gasteiger charge is -2.44. The van der Waals surface area contributed by atoms with E-state index >= 15 is 0 Å². The fraction of sp³-hybridized carbons (Fsp3) is 0.680. The molecule has 3 saturated carbocycles. The van der Waals surface area contributed by atoms with E-state index in [4.69, 9.17) is 10.00 Å². The van der Waals surface area contributed by atoms with Crippen LogP contribution in [-0.2, 0) is 4.79 Å². The van der Waals surface area contributed by atoms with Crippen LogP contribution in [0.3, 0.4) is 0 Å². The molecule has 0 bridgehead atoms. The summed E-state index contributed by atoms with van der Waals surface area (Å²) in [5, 5.41) is 8.76. The van der Waals surface area contributed by atoms with E-state index in [2.05, 4.69) is 6.92 Å². The first kappa shape index (κ1) is 21.3. The molecule has 3 fully saturated rings. The monoisotopic (exact) mass is 415 g/mol. The third-order valence-electron chi connectivity index (χ3n) is 8.07. The molecule has 0 spiro atoms. The Balaban J connectivity index is 1.29. The van der Waals surface area contributed by atoms with Gasteiger partial charge in [-0.1, -0.05) is 13.3 Å². The van der Waals surface area contributed by atoms with Gasteiger partial charge in [-0.3, -0.25) is 4.79 Å². The number of carbonyl (C=O) groups excluding carboxylic acids is 1. The average Bonchev–Trinajstić information content (AvgIpc) is 2.77. The van der Waals surface area contributed by atoms with Crippen molar-refractivity contribution >= 4 is 5.97 Å². The number of ether oxygens (including phenoxy) is 1. The van der Waals surface area contributed by atoms with Gasteiger partial charge in [0.05, 0.1) is 11.5 Å². The molecule has 0 radical (unpaired) electrons. The largest absolute Gasteiger partial charge is 0.423 e. The first-order valence-corrected chi connectivity index (χ1v) is 11.6. The van der Waals surface area contributed by atoms with Crippen LogP contribution in [0.4, 0.5) is 8.78 Å². The predicted octanol–water partition coefficient (Wildman–Crippen LogP) is 6.40. The first-order chi connectivity index (χ1) is 14.5. The van der Waals surface area contributed by atoms with E-state index in [1.54, 1.807) is 6.07 Å². The zero-order valence-corrected chi connectivity index (χ0v) is 17.7. The molecular weight excluding hydrogens is 384 g/mol. The van der Waals surface area contributed by atoms with E-state index in [9.17, 15) is 13.6 Å². The summed E-state index contributed by atoms with van der Waals surface area (Å²) in [5.41, 5.74) is -0.394. The van der Waals surface area contributed by atoms with E-state index in [0.717, 1.165) is 61.5 Å². The third-order valence-corrected chi connectivity index (χ3v) is 8.07. The highest BCUT2D eigenvalue weighted by molar-refractivity contribution is 5.75. The Labute approximate surface area is 177 Å². The molecule has 3 aliphatic rings. The van der Waals surface area contributed by atoms with Gasteiger partial charge in [-0.15, -0.1) is 0 Å². The van der Waals surface area contributed by atoms with E-state index in [1.807, 2.05) is 0 Å². The van der Waals surface area contributed by atoms with Crippen molar-refractivity contribution < 1.29 is 18.3 Å². The molecule has 4 rings (SSSR count). The van der Waals surface area contributed by atoms with Crippen LogP contribution in [0.2, 0.25) is 0 Å². The van der Waals surface area contributed by atoms with E-state index in [0.29, 0.717) is 5.92 Å². The van der Waals surface area contributed by atoms with Crippen LogP contribution in [-0.4, -0.2) is 5.97 Å². The molecule has 0 N–H and O–H groups in total. The number of carbonyl (C=O) groups is 1. The minimum absolute atomic E-state index is 0.258. The third kappa shape index (κ3) is 4.38. The van der Waals surface area contributed by atoms with Crippen molar-refractivity contribution in [3.8, 4) is 11.8 Å². The molecule has 0 aromatic heterocycles. The van der Waals surface area contributed by atoms with Gasteiger partial charge in [-0.2, -0.15) is 9.65 Å². The molecule has 3 aliphatic carbocycles. The van der Waals surface area contributed by atoms with Crippen LogP contribution in [0, 0.1) is 58.5 Å². The second kappa shape index (κ2) is 9.04. The number of fused-ring (bicyclic) bond motifs is 1. The van der Waals surface area contributed by atoms with Crippen molar-refractivity contribution in [1.29, 1.82) is 5.26 Å². The number of nitrogens with zero attached hydrogens (tertiary/aromatic N) is 1. The van der Waals surface area contributed by atoms with Gasteiger partial charge in [0.2, 0.25) is 5.82 Å². The summed E-state index contributed by atoms with van der Waals surface area (Å²) in [5.74, 6) is 0.472. The molecule has 0 heterocycles. The Morgan fingerprint density at radius 3 is 2.20 bits per heavy atom. The number of nitriles is 1. The molecule has 1 aromatic rings. The summed E-state index contributed by atoms with van der Waals surface area (Å²) in [4.78, 5) is 12.5. The van der Waals surface area contributed by atoms with Crippen molar-refractivity contribution in [1.82, 2.24) is 0 Å². The standard InChI is InChI=1S/C25H31F2NO2/c1-15-2-3-20-13-19(9-8-18(20)12-15)16-4-6-17(7-5-16)25(29)30-22-11-10-21(14-28)23(26)24(22)27/h10-11,15-20H,2-9,12-13H2,1H3. The number of hydrogen-bond acceptors (Lipinski definition) is 3. The second-order valence-corrected chi connectivity index (χ2v) is 9.90. The molecule has 0 amide bonds. The lowest BCUT2D eigenvalue weighted by atomic mass is 9.61. The van der Waals surface area contributed by atoms with Crippen LogP contribution in [0.1, 0.15) is 76.7 Å². The summed E-state index contributed by atoms with van der Waals surface area (Å²) in [6.07, 6.45) is 11.8. The van der Waals surface area contributed by atoms with Gasteiger partial charge in [0.15, 0.2) is 11.6 Å². The summed E-state index contributed by atoms with van der Waals surface area (Å²) < 4.78 is 33.0. The van der Waals surface area contributed by atoms with E-state index in [-0.39, 0.29) is 5.92 Å². The molecule has 0 saturated heterocycles.